The molecule has 11 heteroatoms. The summed E-state index contributed by atoms with van der Waals surface area (Å²) in [5.41, 5.74) is 0.885. The SMILES string of the molecule is CC(C)NC(=O)Cn1c(-c2cccc(Cl)c2)nc2ncc(-c3cc(C=O)cc(OC(F)F)c3)cc2c1=O. The molecule has 0 unspecified atom stereocenters. The van der Waals surface area contributed by atoms with Gasteiger partial charge in [0.2, 0.25) is 5.91 Å². The maximum absolute atomic E-state index is 13.6. The van der Waals surface area contributed by atoms with E-state index in [1.54, 1.807) is 38.1 Å². The molecular weight excluding hydrogens is 506 g/mol. The average Bonchev–Trinajstić information content (AvgIpc) is 2.84. The zero-order valence-electron chi connectivity index (χ0n) is 19.7. The molecule has 0 spiro atoms. The number of hydrogen-bond donors (Lipinski definition) is 1. The number of carbonyl (C=O) groups excluding carboxylic acids is 2. The standard InChI is InChI=1S/C26H21ClF2N4O4/c1-14(2)31-22(35)12-33-24(16-4-3-5-19(27)8-16)32-23-21(25(33)36)10-18(11-30-23)17-6-15(13-34)7-20(9-17)37-26(28)29/h3-11,13-14,26H,12H2,1-2H3,(H,31,35). The van der Waals surface area contributed by atoms with E-state index in [9.17, 15) is 23.2 Å². The van der Waals surface area contributed by atoms with Crippen LogP contribution in [0.1, 0.15) is 24.2 Å². The Labute approximate surface area is 214 Å². The van der Waals surface area contributed by atoms with E-state index in [-0.39, 0.29) is 40.8 Å². The summed E-state index contributed by atoms with van der Waals surface area (Å²) in [7, 11) is 0. The van der Waals surface area contributed by atoms with Crippen LogP contribution in [0.3, 0.4) is 0 Å². The van der Waals surface area contributed by atoms with Gasteiger partial charge in [-0.3, -0.25) is 19.0 Å². The van der Waals surface area contributed by atoms with E-state index in [1.165, 1.54) is 35.0 Å². The Morgan fingerprint density at radius 2 is 1.92 bits per heavy atom. The molecule has 2 heterocycles. The third-order valence-corrected chi connectivity index (χ3v) is 5.50. The minimum atomic E-state index is -3.08. The number of halogens is 3. The summed E-state index contributed by atoms with van der Waals surface area (Å²) in [5.74, 6) is -0.403. The summed E-state index contributed by atoms with van der Waals surface area (Å²) in [5, 5.41) is 3.26. The highest BCUT2D eigenvalue weighted by atomic mass is 35.5. The Balaban J connectivity index is 1.90. The van der Waals surface area contributed by atoms with Gasteiger partial charge in [0.25, 0.3) is 5.56 Å². The molecule has 2 aromatic carbocycles. The number of amides is 1. The lowest BCUT2D eigenvalue weighted by atomic mass is 10.0. The zero-order valence-corrected chi connectivity index (χ0v) is 20.5. The lowest BCUT2D eigenvalue weighted by Crippen LogP contribution is -2.37. The first-order chi connectivity index (χ1) is 17.6. The van der Waals surface area contributed by atoms with Crippen LogP contribution < -0.4 is 15.6 Å². The van der Waals surface area contributed by atoms with Gasteiger partial charge in [0, 0.05) is 34.0 Å². The van der Waals surface area contributed by atoms with Crippen molar-refractivity contribution in [3.8, 4) is 28.3 Å². The normalized spacial score (nSPS) is 11.2. The van der Waals surface area contributed by atoms with Gasteiger partial charge in [0.15, 0.2) is 5.65 Å². The summed E-state index contributed by atoms with van der Waals surface area (Å²) >= 11 is 6.15. The van der Waals surface area contributed by atoms with Gasteiger partial charge in [-0.1, -0.05) is 23.7 Å². The molecule has 1 N–H and O–H groups in total. The van der Waals surface area contributed by atoms with Gasteiger partial charge < -0.3 is 10.1 Å². The second-order valence-corrected chi connectivity index (χ2v) is 8.88. The van der Waals surface area contributed by atoms with Crippen LogP contribution in [0, 0.1) is 0 Å². The fraction of sp³-hybridized carbons (Fsp3) is 0.192. The number of carbonyl (C=O) groups is 2. The van der Waals surface area contributed by atoms with Crippen LogP contribution in [-0.2, 0) is 11.3 Å². The molecule has 8 nitrogen and oxygen atoms in total. The molecule has 0 bridgehead atoms. The second-order valence-electron chi connectivity index (χ2n) is 8.44. The van der Waals surface area contributed by atoms with Gasteiger partial charge in [-0.05, 0) is 55.8 Å². The molecule has 4 rings (SSSR count). The van der Waals surface area contributed by atoms with Gasteiger partial charge in [-0.15, -0.1) is 0 Å². The minimum Gasteiger partial charge on any atom is -0.435 e. The van der Waals surface area contributed by atoms with Crippen molar-refractivity contribution in [1.29, 1.82) is 0 Å². The van der Waals surface area contributed by atoms with Crippen molar-refractivity contribution < 1.29 is 23.1 Å². The van der Waals surface area contributed by atoms with E-state index in [1.807, 2.05) is 0 Å². The first-order valence-electron chi connectivity index (χ1n) is 11.2. The first-order valence-corrected chi connectivity index (χ1v) is 11.5. The predicted octanol–water partition coefficient (Wildman–Crippen LogP) is 4.72. The predicted molar refractivity (Wildman–Crippen MR) is 135 cm³/mol. The van der Waals surface area contributed by atoms with E-state index in [4.69, 9.17) is 11.6 Å². The molecule has 0 fully saturated rings. The topological polar surface area (TPSA) is 103 Å². The van der Waals surface area contributed by atoms with Crippen molar-refractivity contribution in [2.75, 3.05) is 0 Å². The molecule has 0 radical (unpaired) electrons. The number of alkyl halides is 2. The van der Waals surface area contributed by atoms with E-state index in [0.29, 0.717) is 28.0 Å². The molecule has 37 heavy (non-hydrogen) atoms. The molecule has 0 aliphatic carbocycles. The highest BCUT2D eigenvalue weighted by molar-refractivity contribution is 6.30. The van der Waals surface area contributed by atoms with Crippen molar-refractivity contribution >= 4 is 34.8 Å². The average molecular weight is 527 g/mol. The molecule has 0 saturated heterocycles. The Hall–Kier alpha value is -4.18. The van der Waals surface area contributed by atoms with Crippen LogP contribution in [0.5, 0.6) is 5.75 Å². The summed E-state index contributed by atoms with van der Waals surface area (Å²) in [4.78, 5) is 46.4. The quantitative estimate of drug-likeness (QED) is 0.333. The molecule has 0 atom stereocenters. The lowest BCUT2D eigenvalue weighted by molar-refractivity contribution is -0.122. The maximum atomic E-state index is 13.6. The number of pyridine rings is 1. The summed E-state index contributed by atoms with van der Waals surface area (Å²) in [6.07, 6.45) is 1.90. The highest BCUT2D eigenvalue weighted by Crippen LogP contribution is 2.28. The first kappa shape index (κ1) is 25.9. The van der Waals surface area contributed by atoms with Gasteiger partial charge in [0.1, 0.15) is 24.4 Å². The third-order valence-electron chi connectivity index (χ3n) is 5.27. The number of hydrogen-bond acceptors (Lipinski definition) is 6. The van der Waals surface area contributed by atoms with Crippen LogP contribution in [-0.4, -0.2) is 39.4 Å². The van der Waals surface area contributed by atoms with Crippen LogP contribution in [0.25, 0.3) is 33.5 Å². The molecule has 1 amide bonds. The van der Waals surface area contributed by atoms with Crippen LogP contribution in [0.2, 0.25) is 5.02 Å². The number of rotatable bonds is 8. The van der Waals surface area contributed by atoms with Gasteiger partial charge in [-0.25, -0.2) is 9.97 Å². The van der Waals surface area contributed by atoms with E-state index < -0.39 is 18.1 Å². The highest BCUT2D eigenvalue weighted by Gasteiger charge is 2.18. The van der Waals surface area contributed by atoms with Crippen molar-refractivity contribution in [3.63, 3.8) is 0 Å². The van der Waals surface area contributed by atoms with E-state index in [2.05, 4.69) is 20.0 Å². The maximum Gasteiger partial charge on any atom is 0.387 e. The number of aldehydes is 1. The molecule has 190 valence electrons. The summed E-state index contributed by atoms with van der Waals surface area (Å²) in [6, 6.07) is 12.0. The summed E-state index contributed by atoms with van der Waals surface area (Å²) < 4.78 is 31.2. The van der Waals surface area contributed by atoms with E-state index in [0.717, 1.165) is 0 Å². The molecule has 0 aliphatic heterocycles. The van der Waals surface area contributed by atoms with Crippen LogP contribution in [0.4, 0.5) is 8.78 Å². The minimum absolute atomic E-state index is 0.0912. The number of fused-ring (bicyclic) bond motifs is 1. The Morgan fingerprint density at radius 1 is 1.14 bits per heavy atom. The smallest absolute Gasteiger partial charge is 0.387 e. The van der Waals surface area contributed by atoms with Gasteiger partial charge >= 0.3 is 6.61 Å². The summed E-state index contributed by atoms with van der Waals surface area (Å²) in [6.45, 7) is 0.210. The number of nitrogens with one attached hydrogen (secondary N) is 1. The zero-order chi connectivity index (χ0) is 26.7. The molecule has 0 aliphatic rings. The second kappa shape index (κ2) is 10.8. The molecule has 2 aromatic heterocycles. The molecule has 0 saturated carbocycles. The number of ether oxygens (including phenoxy) is 1. The van der Waals surface area contributed by atoms with E-state index >= 15 is 0 Å². The van der Waals surface area contributed by atoms with Crippen molar-refractivity contribution in [2.24, 2.45) is 0 Å². The van der Waals surface area contributed by atoms with Crippen molar-refractivity contribution in [2.45, 2.75) is 33.0 Å². The molecule has 4 aromatic rings. The fourth-order valence-electron chi connectivity index (χ4n) is 3.80. The van der Waals surface area contributed by atoms with Crippen molar-refractivity contribution in [1.82, 2.24) is 19.9 Å². The van der Waals surface area contributed by atoms with Crippen molar-refractivity contribution in [3.05, 3.63) is 75.7 Å². The van der Waals surface area contributed by atoms with Gasteiger partial charge in [-0.2, -0.15) is 8.78 Å². The fourth-order valence-corrected chi connectivity index (χ4v) is 3.99. The monoisotopic (exact) mass is 526 g/mol. The van der Waals surface area contributed by atoms with Gasteiger partial charge in [0.05, 0.1) is 5.39 Å². The Morgan fingerprint density at radius 3 is 2.59 bits per heavy atom. The Bertz CT molecular complexity index is 1560. The number of benzene rings is 2. The molecular formula is C26H21ClF2N4O4. The van der Waals surface area contributed by atoms with Crippen LogP contribution >= 0.6 is 11.6 Å². The van der Waals surface area contributed by atoms with Crippen LogP contribution in [0.15, 0.2) is 59.5 Å². The third kappa shape index (κ3) is 5.97. The largest absolute Gasteiger partial charge is 0.435 e. The Kier molecular flexibility index (Phi) is 7.58. The number of aromatic nitrogens is 3. The lowest BCUT2D eigenvalue weighted by Gasteiger charge is -2.15. The number of nitrogens with zero attached hydrogens (tertiary/aromatic N) is 3.